The summed E-state index contributed by atoms with van der Waals surface area (Å²) in [6.07, 6.45) is 0.873. The third-order valence-corrected chi connectivity index (χ3v) is 4.56. The fourth-order valence-electron chi connectivity index (χ4n) is 3.12. The number of amides is 2. The Morgan fingerprint density at radius 3 is 2.42 bits per heavy atom. The molecule has 26 heavy (non-hydrogen) atoms. The summed E-state index contributed by atoms with van der Waals surface area (Å²) >= 11 is 5.91. The van der Waals surface area contributed by atoms with Crippen molar-refractivity contribution in [3.8, 4) is 0 Å². The zero-order valence-corrected chi connectivity index (χ0v) is 16.3. The molecule has 1 aromatic carbocycles. The van der Waals surface area contributed by atoms with E-state index in [0.29, 0.717) is 31.2 Å². The average Bonchev–Trinajstić information content (AvgIpc) is 2.99. The highest BCUT2D eigenvalue weighted by atomic mass is 35.5. The van der Waals surface area contributed by atoms with E-state index in [1.165, 1.54) is 6.92 Å². The number of carbonyl (C=O) groups is 2. The first-order valence-corrected chi connectivity index (χ1v) is 9.22. The Bertz CT molecular complexity index is 614. The van der Waals surface area contributed by atoms with Crippen LogP contribution in [0.5, 0.6) is 0 Å². The number of hydrogen-bond acceptors (Lipinski definition) is 4. The van der Waals surface area contributed by atoms with Gasteiger partial charge in [0.2, 0.25) is 11.8 Å². The lowest BCUT2D eigenvalue weighted by Gasteiger charge is -2.26. The molecule has 0 bridgehead atoms. The van der Waals surface area contributed by atoms with E-state index in [-0.39, 0.29) is 30.2 Å². The molecule has 0 spiro atoms. The Labute approximate surface area is 159 Å². The smallest absolute Gasteiger partial charge is 0.222 e. The second kappa shape index (κ2) is 9.35. The second-order valence-corrected chi connectivity index (χ2v) is 7.39. The zero-order valence-electron chi connectivity index (χ0n) is 15.5. The molecular formula is C19H27ClN2O4. The molecule has 7 heteroatoms. The minimum atomic E-state index is -0.563. The molecular weight excluding hydrogens is 356 g/mol. The molecule has 0 saturated carbocycles. The molecule has 144 valence electrons. The predicted molar refractivity (Wildman–Crippen MR) is 99.7 cm³/mol. The van der Waals surface area contributed by atoms with Crippen molar-refractivity contribution >= 4 is 23.4 Å². The summed E-state index contributed by atoms with van der Waals surface area (Å²) in [5, 5.41) is 6.36. The minimum Gasteiger partial charge on any atom is -0.356 e. The van der Waals surface area contributed by atoms with Crippen LogP contribution in [0, 0.1) is 5.92 Å². The molecule has 0 radical (unpaired) electrons. The number of nitrogens with one attached hydrogen (secondary N) is 2. The van der Waals surface area contributed by atoms with Crippen LogP contribution in [0.25, 0.3) is 0 Å². The Balaban J connectivity index is 1.86. The van der Waals surface area contributed by atoms with Gasteiger partial charge in [-0.15, -0.1) is 0 Å². The fourth-order valence-corrected chi connectivity index (χ4v) is 3.24. The van der Waals surface area contributed by atoms with Gasteiger partial charge in [0.05, 0.1) is 25.7 Å². The molecule has 2 atom stereocenters. The minimum absolute atomic E-state index is 0.121. The van der Waals surface area contributed by atoms with Crippen molar-refractivity contribution in [1.82, 2.24) is 10.6 Å². The van der Waals surface area contributed by atoms with Crippen molar-refractivity contribution < 1.29 is 19.1 Å². The van der Waals surface area contributed by atoms with Gasteiger partial charge in [-0.05, 0) is 30.5 Å². The maximum absolute atomic E-state index is 12.3. The Morgan fingerprint density at radius 1 is 1.23 bits per heavy atom. The summed E-state index contributed by atoms with van der Waals surface area (Å²) in [5.41, 5.74) is 0.841. The molecule has 2 N–H and O–H groups in total. The van der Waals surface area contributed by atoms with Gasteiger partial charge in [0.25, 0.3) is 0 Å². The van der Waals surface area contributed by atoms with Crippen molar-refractivity contribution in [2.75, 3.05) is 19.8 Å². The molecule has 1 aromatic rings. The van der Waals surface area contributed by atoms with Gasteiger partial charge in [-0.25, -0.2) is 0 Å². The van der Waals surface area contributed by atoms with Crippen LogP contribution in [0.15, 0.2) is 24.3 Å². The van der Waals surface area contributed by atoms with E-state index in [2.05, 4.69) is 10.6 Å². The topological polar surface area (TPSA) is 76.7 Å². The van der Waals surface area contributed by atoms with Crippen molar-refractivity contribution in [1.29, 1.82) is 0 Å². The van der Waals surface area contributed by atoms with E-state index in [4.69, 9.17) is 21.1 Å². The summed E-state index contributed by atoms with van der Waals surface area (Å²) in [6, 6.07) is 6.73. The summed E-state index contributed by atoms with van der Waals surface area (Å²) in [4.78, 5) is 23.8. The molecule has 1 heterocycles. The molecule has 6 nitrogen and oxygen atoms in total. The Morgan fingerprint density at radius 2 is 1.85 bits per heavy atom. The largest absolute Gasteiger partial charge is 0.356 e. The van der Waals surface area contributed by atoms with Crippen LogP contribution in [-0.2, 0) is 19.1 Å². The number of ether oxygens (including phenoxy) is 2. The fraction of sp³-hybridized carbons (Fsp3) is 0.579. The maximum Gasteiger partial charge on any atom is 0.222 e. The third-order valence-electron chi connectivity index (χ3n) is 4.30. The highest BCUT2D eigenvalue weighted by Gasteiger charge is 2.32. The molecule has 0 aliphatic carbocycles. The van der Waals surface area contributed by atoms with Crippen molar-refractivity contribution in [2.24, 2.45) is 5.92 Å². The lowest BCUT2D eigenvalue weighted by molar-refractivity contribution is -0.154. The number of hydrogen-bond donors (Lipinski definition) is 2. The molecule has 1 fully saturated rings. The third kappa shape index (κ3) is 6.59. The molecule has 2 rings (SSSR count). The van der Waals surface area contributed by atoms with Crippen molar-refractivity contribution in [2.45, 2.75) is 45.4 Å². The first-order valence-electron chi connectivity index (χ1n) is 8.84. The van der Waals surface area contributed by atoms with E-state index >= 15 is 0 Å². The SMILES string of the molecule is CC(=O)NC(CC(=O)NCC(C)CC1(C)OCCO1)c1ccc(Cl)cc1. The number of rotatable bonds is 8. The summed E-state index contributed by atoms with van der Waals surface area (Å²) in [7, 11) is 0. The van der Waals surface area contributed by atoms with Gasteiger partial charge in [0, 0.05) is 24.9 Å². The van der Waals surface area contributed by atoms with Crippen LogP contribution >= 0.6 is 11.6 Å². The van der Waals surface area contributed by atoms with Crippen LogP contribution in [-0.4, -0.2) is 37.4 Å². The van der Waals surface area contributed by atoms with Gasteiger partial charge < -0.3 is 20.1 Å². The van der Waals surface area contributed by atoms with E-state index in [1.807, 2.05) is 26.0 Å². The standard InChI is InChI=1S/C19H27ClN2O4/c1-13(11-19(3)25-8-9-26-19)12-21-18(24)10-17(22-14(2)23)15-4-6-16(20)7-5-15/h4-7,13,17H,8-12H2,1-3H3,(H,21,24)(H,22,23). The zero-order chi connectivity index (χ0) is 19.2. The van der Waals surface area contributed by atoms with Crippen LogP contribution in [0.3, 0.4) is 0 Å². The van der Waals surface area contributed by atoms with Crippen molar-refractivity contribution in [3.05, 3.63) is 34.9 Å². The number of halogens is 1. The quantitative estimate of drug-likeness (QED) is 0.724. The van der Waals surface area contributed by atoms with Gasteiger partial charge in [-0.3, -0.25) is 9.59 Å². The number of benzene rings is 1. The van der Waals surface area contributed by atoms with Crippen LogP contribution in [0.1, 0.15) is 45.2 Å². The van der Waals surface area contributed by atoms with Gasteiger partial charge in [-0.2, -0.15) is 0 Å². The average molecular weight is 383 g/mol. The second-order valence-electron chi connectivity index (χ2n) is 6.95. The molecule has 1 aliphatic heterocycles. The van der Waals surface area contributed by atoms with Gasteiger partial charge in [0.1, 0.15) is 0 Å². The predicted octanol–water partition coefficient (Wildman–Crippen LogP) is 2.81. The van der Waals surface area contributed by atoms with Crippen LogP contribution in [0.2, 0.25) is 5.02 Å². The number of carbonyl (C=O) groups excluding carboxylic acids is 2. The highest BCUT2D eigenvalue weighted by Crippen LogP contribution is 2.26. The molecule has 0 aromatic heterocycles. The molecule has 2 amide bonds. The first-order chi connectivity index (χ1) is 12.3. The maximum atomic E-state index is 12.3. The molecule has 1 aliphatic rings. The van der Waals surface area contributed by atoms with Gasteiger partial charge in [0.15, 0.2) is 5.79 Å². The first kappa shape index (κ1) is 20.7. The van der Waals surface area contributed by atoms with Crippen LogP contribution in [0.4, 0.5) is 0 Å². The van der Waals surface area contributed by atoms with E-state index in [1.54, 1.807) is 12.1 Å². The summed E-state index contributed by atoms with van der Waals surface area (Å²) < 4.78 is 11.2. The lowest BCUT2D eigenvalue weighted by Crippen LogP contribution is -2.36. The normalized spacial score (nSPS) is 18.2. The monoisotopic (exact) mass is 382 g/mol. The van der Waals surface area contributed by atoms with E-state index < -0.39 is 5.79 Å². The summed E-state index contributed by atoms with van der Waals surface area (Å²) in [6.45, 7) is 7.14. The van der Waals surface area contributed by atoms with Crippen molar-refractivity contribution in [3.63, 3.8) is 0 Å². The Hall–Kier alpha value is -1.63. The lowest BCUT2D eigenvalue weighted by atomic mass is 10.0. The Kier molecular flexibility index (Phi) is 7.43. The molecule has 1 saturated heterocycles. The van der Waals surface area contributed by atoms with E-state index in [9.17, 15) is 9.59 Å². The van der Waals surface area contributed by atoms with Gasteiger partial charge in [-0.1, -0.05) is 30.7 Å². The molecule has 2 unspecified atom stereocenters. The van der Waals surface area contributed by atoms with Gasteiger partial charge >= 0.3 is 0 Å². The van der Waals surface area contributed by atoms with E-state index in [0.717, 1.165) is 5.56 Å². The highest BCUT2D eigenvalue weighted by molar-refractivity contribution is 6.30. The summed E-state index contributed by atoms with van der Waals surface area (Å²) in [5.74, 6) is -0.665. The van der Waals surface area contributed by atoms with Crippen LogP contribution < -0.4 is 10.6 Å².